The van der Waals surface area contributed by atoms with Crippen LogP contribution in [0.1, 0.15) is 33.4 Å². The Labute approximate surface area is 165 Å². The van der Waals surface area contributed by atoms with Gasteiger partial charge >= 0.3 is 0 Å². The molecule has 0 N–H and O–H groups in total. The van der Waals surface area contributed by atoms with Crippen LogP contribution in [-0.4, -0.2) is 0 Å². The molecular formula is C28H20. The average molecular weight is 356 g/mol. The van der Waals surface area contributed by atoms with Crippen LogP contribution in [0.25, 0.3) is 22.3 Å². The minimum Gasteiger partial charge on any atom is -0.0620 e. The number of aryl methyl sites for hydroxylation is 2. The first kappa shape index (κ1) is 15.7. The van der Waals surface area contributed by atoms with Crippen molar-refractivity contribution >= 4 is 11.1 Å². The van der Waals surface area contributed by atoms with E-state index < -0.39 is 0 Å². The topological polar surface area (TPSA) is 0 Å². The van der Waals surface area contributed by atoms with Crippen LogP contribution in [-0.2, 0) is 12.8 Å². The molecule has 0 atom stereocenters. The summed E-state index contributed by atoms with van der Waals surface area (Å²) in [6, 6.07) is 35.7. The number of rotatable bonds is 0. The molecule has 0 spiro atoms. The monoisotopic (exact) mass is 356 g/mol. The quantitative estimate of drug-likeness (QED) is 0.287. The fourth-order valence-electron chi connectivity index (χ4n) is 4.93. The Bertz CT molecular complexity index is 1160. The standard InChI is InChI=1S/C28H20/c1-3-11-21-19(9-1)17-18-20-10-2-4-12-22(20)27(21)28-25-15-7-5-13-23(25)24-14-6-8-16-26(24)28/h1-16H,17-18H2. The molecule has 0 aliphatic heterocycles. The highest BCUT2D eigenvalue weighted by Gasteiger charge is 2.29. The summed E-state index contributed by atoms with van der Waals surface area (Å²) in [7, 11) is 0. The van der Waals surface area contributed by atoms with Crippen LogP contribution in [0.4, 0.5) is 0 Å². The van der Waals surface area contributed by atoms with E-state index in [2.05, 4.69) is 97.1 Å². The van der Waals surface area contributed by atoms with E-state index in [4.69, 9.17) is 0 Å². The fraction of sp³-hybridized carbons (Fsp3) is 0.0714. The summed E-state index contributed by atoms with van der Waals surface area (Å²) in [5.41, 5.74) is 13.8. The van der Waals surface area contributed by atoms with Gasteiger partial charge in [0.2, 0.25) is 0 Å². The van der Waals surface area contributed by atoms with Crippen molar-refractivity contribution in [2.45, 2.75) is 12.8 Å². The molecule has 0 saturated carbocycles. The average Bonchev–Trinajstić information content (AvgIpc) is 2.99. The van der Waals surface area contributed by atoms with Gasteiger partial charge in [0.15, 0.2) is 0 Å². The zero-order valence-corrected chi connectivity index (χ0v) is 15.7. The Morgan fingerprint density at radius 3 is 1.11 bits per heavy atom. The first-order valence-electron chi connectivity index (χ1n) is 10.0. The number of benzene rings is 4. The molecule has 4 aromatic rings. The molecule has 0 fully saturated rings. The van der Waals surface area contributed by atoms with Crippen LogP contribution in [0.5, 0.6) is 0 Å². The zero-order chi connectivity index (χ0) is 18.5. The summed E-state index contributed by atoms with van der Waals surface area (Å²) in [4.78, 5) is 0. The highest BCUT2D eigenvalue weighted by molar-refractivity contribution is 6.14. The second kappa shape index (κ2) is 6.07. The lowest BCUT2D eigenvalue weighted by molar-refractivity contribution is 0.965. The first-order chi connectivity index (χ1) is 13.9. The lowest BCUT2D eigenvalue weighted by Gasteiger charge is -2.17. The van der Waals surface area contributed by atoms with Crippen molar-refractivity contribution in [1.29, 1.82) is 0 Å². The van der Waals surface area contributed by atoms with E-state index in [-0.39, 0.29) is 0 Å². The third kappa shape index (κ3) is 2.18. The highest BCUT2D eigenvalue weighted by Crippen LogP contribution is 2.50. The molecular weight excluding hydrogens is 336 g/mol. The Morgan fingerprint density at radius 1 is 0.321 bits per heavy atom. The van der Waals surface area contributed by atoms with Crippen LogP contribution >= 0.6 is 0 Å². The van der Waals surface area contributed by atoms with E-state index in [9.17, 15) is 0 Å². The molecule has 0 aromatic heterocycles. The summed E-state index contributed by atoms with van der Waals surface area (Å²) in [6.07, 6.45) is 2.18. The second-order valence-corrected chi connectivity index (χ2v) is 7.66. The van der Waals surface area contributed by atoms with Crippen LogP contribution in [0.3, 0.4) is 0 Å². The Morgan fingerprint density at radius 2 is 0.643 bits per heavy atom. The van der Waals surface area contributed by atoms with Gasteiger partial charge < -0.3 is 0 Å². The molecule has 0 heteroatoms. The summed E-state index contributed by atoms with van der Waals surface area (Å²) in [6.45, 7) is 0. The largest absolute Gasteiger partial charge is 0.0620 e. The van der Waals surface area contributed by atoms with E-state index in [1.54, 1.807) is 0 Å². The van der Waals surface area contributed by atoms with Crippen molar-refractivity contribution < 1.29 is 0 Å². The van der Waals surface area contributed by atoms with Gasteiger partial charge in [0, 0.05) is 0 Å². The minimum absolute atomic E-state index is 1.09. The molecule has 132 valence electrons. The van der Waals surface area contributed by atoms with Crippen molar-refractivity contribution in [3.63, 3.8) is 0 Å². The van der Waals surface area contributed by atoms with E-state index >= 15 is 0 Å². The van der Waals surface area contributed by atoms with Gasteiger partial charge in [-0.1, -0.05) is 97.1 Å². The smallest absolute Gasteiger partial charge is 0.00141 e. The third-order valence-electron chi connectivity index (χ3n) is 6.17. The van der Waals surface area contributed by atoms with Crippen molar-refractivity contribution in [1.82, 2.24) is 0 Å². The molecule has 6 rings (SSSR count). The molecule has 0 nitrogen and oxygen atoms in total. The number of hydrogen-bond donors (Lipinski definition) is 0. The molecule has 0 unspecified atom stereocenters. The van der Waals surface area contributed by atoms with Gasteiger partial charge in [-0.2, -0.15) is 0 Å². The van der Waals surface area contributed by atoms with Crippen LogP contribution in [0.2, 0.25) is 0 Å². The summed E-state index contributed by atoms with van der Waals surface area (Å²) in [5.74, 6) is 0. The van der Waals surface area contributed by atoms with Crippen molar-refractivity contribution in [3.05, 3.63) is 130 Å². The van der Waals surface area contributed by atoms with Gasteiger partial charge in [-0.25, -0.2) is 0 Å². The molecule has 2 aliphatic rings. The molecule has 28 heavy (non-hydrogen) atoms. The van der Waals surface area contributed by atoms with E-state index in [0.717, 1.165) is 12.8 Å². The predicted octanol–water partition coefficient (Wildman–Crippen LogP) is 6.77. The Kier molecular flexibility index (Phi) is 3.39. The minimum atomic E-state index is 1.09. The fourth-order valence-corrected chi connectivity index (χ4v) is 4.93. The Balaban J connectivity index is 1.81. The lowest BCUT2D eigenvalue weighted by Crippen LogP contribution is -1.97. The maximum Gasteiger partial charge on any atom is -0.00141 e. The van der Waals surface area contributed by atoms with Crippen molar-refractivity contribution in [2.75, 3.05) is 0 Å². The molecule has 0 amide bonds. The summed E-state index contributed by atoms with van der Waals surface area (Å²) in [5, 5.41) is 0. The maximum absolute atomic E-state index is 2.31. The van der Waals surface area contributed by atoms with Gasteiger partial charge in [0.1, 0.15) is 0 Å². The molecule has 4 aromatic carbocycles. The molecule has 0 saturated heterocycles. The van der Waals surface area contributed by atoms with Crippen molar-refractivity contribution in [2.24, 2.45) is 0 Å². The summed E-state index contributed by atoms with van der Waals surface area (Å²) < 4.78 is 0. The van der Waals surface area contributed by atoms with Crippen molar-refractivity contribution in [3.8, 4) is 11.1 Å². The molecule has 0 bridgehead atoms. The van der Waals surface area contributed by atoms with Gasteiger partial charge in [0.05, 0.1) is 0 Å². The van der Waals surface area contributed by atoms with Gasteiger partial charge in [-0.3, -0.25) is 0 Å². The van der Waals surface area contributed by atoms with E-state index in [0.29, 0.717) is 0 Å². The van der Waals surface area contributed by atoms with Gasteiger partial charge in [0.25, 0.3) is 0 Å². The van der Waals surface area contributed by atoms with Crippen LogP contribution in [0, 0.1) is 0 Å². The zero-order valence-electron chi connectivity index (χ0n) is 15.7. The third-order valence-corrected chi connectivity index (χ3v) is 6.17. The van der Waals surface area contributed by atoms with Gasteiger partial charge in [-0.05, 0) is 68.5 Å². The summed E-state index contributed by atoms with van der Waals surface area (Å²) >= 11 is 0. The predicted molar refractivity (Wildman–Crippen MR) is 117 cm³/mol. The van der Waals surface area contributed by atoms with Crippen LogP contribution in [0.15, 0.2) is 97.1 Å². The van der Waals surface area contributed by atoms with E-state index in [1.165, 1.54) is 55.7 Å². The molecule has 0 radical (unpaired) electrons. The second-order valence-electron chi connectivity index (χ2n) is 7.66. The number of fused-ring (bicyclic) bond motifs is 5. The molecule has 0 heterocycles. The maximum atomic E-state index is 2.31. The molecule has 2 aliphatic carbocycles. The highest BCUT2D eigenvalue weighted by atomic mass is 14.3. The van der Waals surface area contributed by atoms with Crippen LogP contribution < -0.4 is 0 Å². The Hall–Kier alpha value is -3.38. The normalized spacial score (nSPS) is 14.0. The lowest BCUT2D eigenvalue weighted by atomic mass is 9.86. The van der Waals surface area contributed by atoms with Gasteiger partial charge in [-0.15, -0.1) is 0 Å². The number of hydrogen-bond acceptors (Lipinski definition) is 0. The SMILES string of the molecule is c1ccc2c(c1)CCc1ccccc1C2=C1c2ccccc2-c2ccccc21. The van der Waals surface area contributed by atoms with E-state index in [1.807, 2.05) is 0 Å². The first-order valence-corrected chi connectivity index (χ1v) is 10.0.